The first kappa shape index (κ1) is 20.7. The maximum absolute atomic E-state index is 12.4. The largest absolute Gasteiger partial charge is 0.372 e. The van der Waals surface area contributed by atoms with Gasteiger partial charge in [0.25, 0.3) is 0 Å². The van der Waals surface area contributed by atoms with E-state index in [4.69, 9.17) is 0 Å². The lowest BCUT2D eigenvalue weighted by atomic mass is 10.1. The van der Waals surface area contributed by atoms with E-state index in [0.29, 0.717) is 13.0 Å². The molecule has 2 aromatic rings. The SMILES string of the molecule is CCN(CC)c1ccc(NC(=O)NC2CC(=O)N(C(C)c3ccccc3)C2)cc1. The molecular weight excluding hydrogens is 364 g/mol. The molecule has 6 heteroatoms. The second-order valence-electron chi connectivity index (χ2n) is 7.35. The van der Waals surface area contributed by atoms with Crippen molar-refractivity contribution in [1.29, 1.82) is 0 Å². The summed E-state index contributed by atoms with van der Waals surface area (Å²) >= 11 is 0. The Labute approximate surface area is 172 Å². The summed E-state index contributed by atoms with van der Waals surface area (Å²) in [4.78, 5) is 28.9. The van der Waals surface area contributed by atoms with Crippen molar-refractivity contribution in [3.8, 4) is 0 Å². The molecule has 6 nitrogen and oxygen atoms in total. The Morgan fingerprint density at radius 1 is 1.10 bits per heavy atom. The van der Waals surface area contributed by atoms with Gasteiger partial charge >= 0.3 is 6.03 Å². The van der Waals surface area contributed by atoms with E-state index < -0.39 is 0 Å². The van der Waals surface area contributed by atoms with Crippen LogP contribution in [0.1, 0.15) is 38.8 Å². The maximum Gasteiger partial charge on any atom is 0.319 e. The number of amides is 3. The van der Waals surface area contributed by atoms with Crippen LogP contribution in [0, 0.1) is 0 Å². The number of hydrogen-bond donors (Lipinski definition) is 2. The van der Waals surface area contributed by atoms with Crippen molar-refractivity contribution >= 4 is 23.3 Å². The van der Waals surface area contributed by atoms with E-state index in [1.807, 2.05) is 66.4 Å². The van der Waals surface area contributed by atoms with Crippen LogP contribution in [0.5, 0.6) is 0 Å². The van der Waals surface area contributed by atoms with Crippen molar-refractivity contribution in [2.45, 2.75) is 39.3 Å². The highest BCUT2D eigenvalue weighted by Crippen LogP contribution is 2.25. The van der Waals surface area contributed by atoms with Gasteiger partial charge < -0.3 is 20.4 Å². The number of likely N-dealkylation sites (tertiary alicyclic amines) is 1. The summed E-state index contributed by atoms with van der Waals surface area (Å²) in [6.07, 6.45) is 0.325. The molecule has 3 rings (SSSR count). The number of anilines is 2. The lowest BCUT2D eigenvalue weighted by Crippen LogP contribution is -2.40. The van der Waals surface area contributed by atoms with Crippen LogP contribution in [-0.4, -0.2) is 42.5 Å². The summed E-state index contributed by atoms with van der Waals surface area (Å²) in [6, 6.07) is 17.3. The number of nitrogens with one attached hydrogen (secondary N) is 2. The lowest BCUT2D eigenvalue weighted by Gasteiger charge is -2.25. The highest BCUT2D eigenvalue weighted by molar-refractivity contribution is 5.90. The Balaban J connectivity index is 1.54. The van der Waals surface area contributed by atoms with E-state index in [1.54, 1.807) is 0 Å². The fourth-order valence-corrected chi connectivity index (χ4v) is 3.81. The first-order valence-electron chi connectivity index (χ1n) is 10.3. The van der Waals surface area contributed by atoms with E-state index in [-0.39, 0.29) is 24.0 Å². The van der Waals surface area contributed by atoms with Gasteiger partial charge in [-0.1, -0.05) is 30.3 Å². The summed E-state index contributed by atoms with van der Waals surface area (Å²) < 4.78 is 0. The number of hydrogen-bond acceptors (Lipinski definition) is 3. The van der Waals surface area contributed by atoms with Gasteiger partial charge in [0.05, 0.1) is 12.1 Å². The fraction of sp³-hybridized carbons (Fsp3) is 0.391. The zero-order chi connectivity index (χ0) is 20.8. The molecule has 1 aliphatic heterocycles. The summed E-state index contributed by atoms with van der Waals surface area (Å²) in [5, 5.41) is 5.79. The second kappa shape index (κ2) is 9.45. The topological polar surface area (TPSA) is 64.7 Å². The standard InChI is InChI=1S/C23H30N4O2/c1-4-26(5-2)21-13-11-19(12-14-21)24-23(29)25-20-15-22(28)27(16-20)17(3)18-9-7-6-8-10-18/h6-14,17,20H,4-5,15-16H2,1-3H3,(H2,24,25,29). The van der Waals surface area contributed by atoms with Gasteiger partial charge in [0.2, 0.25) is 5.91 Å². The van der Waals surface area contributed by atoms with Crippen LogP contribution in [0.4, 0.5) is 16.2 Å². The zero-order valence-corrected chi connectivity index (χ0v) is 17.4. The summed E-state index contributed by atoms with van der Waals surface area (Å²) in [5.74, 6) is 0.0650. The van der Waals surface area contributed by atoms with Crippen LogP contribution in [0.15, 0.2) is 54.6 Å². The number of urea groups is 1. The Morgan fingerprint density at radius 3 is 2.38 bits per heavy atom. The number of nitrogens with zero attached hydrogens (tertiary/aromatic N) is 2. The van der Waals surface area contributed by atoms with E-state index >= 15 is 0 Å². The Hall–Kier alpha value is -3.02. The second-order valence-corrected chi connectivity index (χ2v) is 7.35. The first-order chi connectivity index (χ1) is 14.0. The minimum absolute atomic E-state index is 0.00816. The van der Waals surface area contributed by atoms with E-state index in [0.717, 1.165) is 30.0 Å². The first-order valence-corrected chi connectivity index (χ1v) is 10.3. The van der Waals surface area contributed by atoms with E-state index in [9.17, 15) is 9.59 Å². The van der Waals surface area contributed by atoms with Gasteiger partial charge in [0.15, 0.2) is 0 Å². The minimum atomic E-state index is -0.285. The van der Waals surface area contributed by atoms with Gasteiger partial charge in [-0.15, -0.1) is 0 Å². The van der Waals surface area contributed by atoms with Crippen molar-refractivity contribution < 1.29 is 9.59 Å². The molecule has 1 heterocycles. The minimum Gasteiger partial charge on any atom is -0.372 e. The normalized spacial score (nSPS) is 17.1. The Morgan fingerprint density at radius 2 is 1.76 bits per heavy atom. The zero-order valence-electron chi connectivity index (χ0n) is 17.4. The maximum atomic E-state index is 12.4. The average molecular weight is 395 g/mol. The van der Waals surface area contributed by atoms with Crippen LogP contribution in [0.3, 0.4) is 0 Å². The van der Waals surface area contributed by atoms with E-state index in [1.165, 1.54) is 0 Å². The van der Waals surface area contributed by atoms with Gasteiger partial charge in [-0.3, -0.25) is 4.79 Å². The molecule has 0 aliphatic carbocycles. The third kappa shape index (κ3) is 5.08. The van der Waals surface area contributed by atoms with Crippen molar-refractivity contribution in [3.63, 3.8) is 0 Å². The average Bonchev–Trinajstić information content (AvgIpc) is 3.10. The monoisotopic (exact) mass is 394 g/mol. The predicted molar refractivity (Wildman–Crippen MR) is 117 cm³/mol. The molecule has 2 N–H and O–H groups in total. The van der Waals surface area contributed by atoms with Gasteiger partial charge in [-0.2, -0.15) is 0 Å². The van der Waals surface area contributed by atoms with Gasteiger partial charge in [-0.25, -0.2) is 4.79 Å². The molecule has 0 saturated carbocycles. The molecular formula is C23H30N4O2. The Kier molecular flexibility index (Phi) is 6.75. The molecule has 0 bridgehead atoms. The predicted octanol–water partition coefficient (Wildman–Crippen LogP) is 4.02. The quantitative estimate of drug-likeness (QED) is 0.746. The number of carbonyl (C=O) groups is 2. The fourth-order valence-electron chi connectivity index (χ4n) is 3.81. The molecule has 1 fully saturated rings. The summed E-state index contributed by atoms with van der Waals surface area (Å²) in [6.45, 7) is 8.66. The van der Waals surface area contributed by atoms with Crippen molar-refractivity contribution in [2.24, 2.45) is 0 Å². The van der Waals surface area contributed by atoms with Crippen molar-refractivity contribution in [3.05, 3.63) is 60.2 Å². The molecule has 3 amide bonds. The lowest BCUT2D eigenvalue weighted by molar-refractivity contribution is -0.129. The summed E-state index contributed by atoms with van der Waals surface area (Å²) in [7, 11) is 0. The molecule has 1 aliphatic rings. The molecule has 0 aromatic heterocycles. The van der Waals surface area contributed by atoms with Crippen molar-refractivity contribution in [1.82, 2.24) is 10.2 Å². The molecule has 154 valence electrons. The number of benzene rings is 2. The van der Waals surface area contributed by atoms with Crippen LogP contribution >= 0.6 is 0 Å². The molecule has 1 saturated heterocycles. The van der Waals surface area contributed by atoms with Gasteiger partial charge in [0, 0.05) is 37.4 Å². The number of carbonyl (C=O) groups excluding carboxylic acids is 2. The smallest absolute Gasteiger partial charge is 0.319 e. The molecule has 2 atom stereocenters. The van der Waals surface area contributed by atoms with Crippen LogP contribution in [-0.2, 0) is 4.79 Å². The summed E-state index contributed by atoms with van der Waals surface area (Å²) in [5.41, 5.74) is 2.96. The molecule has 2 unspecified atom stereocenters. The highest BCUT2D eigenvalue weighted by Gasteiger charge is 2.33. The van der Waals surface area contributed by atoms with Crippen LogP contribution in [0.2, 0.25) is 0 Å². The molecule has 0 spiro atoms. The van der Waals surface area contributed by atoms with Crippen molar-refractivity contribution in [2.75, 3.05) is 29.9 Å². The molecule has 2 aromatic carbocycles. The van der Waals surface area contributed by atoms with Gasteiger partial charge in [0.1, 0.15) is 0 Å². The Bertz CT molecular complexity index is 819. The van der Waals surface area contributed by atoms with Crippen LogP contribution < -0.4 is 15.5 Å². The molecule has 0 radical (unpaired) electrons. The highest BCUT2D eigenvalue weighted by atomic mass is 16.2. The third-order valence-corrected chi connectivity index (χ3v) is 5.50. The van der Waals surface area contributed by atoms with Crippen LogP contribution in [0.25, 0.3) is 0 Å². The van der Waals surface area contributed by atoms with E-state index in [2.05, 4.69) is 29.4 Å². The third-order valence-electron chi connectivity index (χ3n) is 5.50. The molecule has 29 heavy (non-hydrogen) atoms. The number of rotatable bonds is 7. The van der Waals surface area contributed by atoms with Gasteiger partial charge in [-0.05, 0) is 50.6 Å².